The van der Waals surface area contributed by atoms with Crippen molar-refractivity contribution in [2.75, 3.05) is 0 Å². The molecule has 1 unspecified atom stereocenters. The van der Waals surface area contributed by atoms with Gasteiger partial charge in [-0.25, -0.2) is 4.79 Å². The van der Waals surface area contributed by atoms with E-state index < -0.39 is 0 Å². The Labute approximate surface area is 132 Å². The number of fused-ring (bicyclic) bond motifs is 1. The SMILES string of the molecule is CCC.CCC(C)c1ccc2[nH]c(=O)oc2c1.CCCC=O. The van der Waals surface area contributed by atoms with Crippen molar-refractivity contribution in [1.29, 1.82) is 0 Å². The van der Waals surface area contributed by atoms with E-state index in [2.05, 4.69) is 32.7 Å². The largest absolute Gasteiger partial charge is 0.417 e. The maximum Gasteiger partial charge on any atom is 0.417 e. The molecule has 0 saturated carbocycles. The van der Waals surface area contributed by atoms with Crippen LogP contribution in [0.1, 0.15) is 71.8 Å². The average Bonchev–Trinajstić information content (AvgIpc) is 2.87. The molecule has 22 heavy (non-hydrogen) atoms. The highest BCUT2D eigenvalue weighted by Crippen LogP contribution is 2.21. The smallest absolute Gasteiger partial charge is 0.408 e. The van der Waals surface area contributed by atoms with Crippen LogP contribution in [0.5, 0.6) is 0 Å². The summed E-state index contributed by atoms with van der Waals surface area (Å²) in [5, 5.41) is 0. The first kappa shape index (κ1) is 20.2. The van der Waals surface area contributed by atoms with Gasteiger partial charge in [-0.15, -0.1) is 0 Å². The van der Waals surface area contributed by atoms with E-state index in [1.165, 1.54) is 12.0 Å². The molecule has 1 aromatic heterocycles. The lowest BCUT2D eigenvalue weighted by Gasteiger charge is -2.07. The van der Waals surface area contributed by atoms with Gasteiger partial charge >= 0.3 is 5.76 Å². The van der Waals surface area contributed by atoms with Gasteiger partial charge in [-0.2, -0.15) is 0 Å². The minimum absolute atomic E-state index is 0.388. The summed E-state index contributed by atoms with van der Waals surface area (Å²) in [5.41, 5.74) is 2.62. The molecule has 4 nitrogen and oxygen atoms in total. The highest BCUT2D eigenvalue weighted by molar-refractivity contribution is 5.72. The second-order valence-corrected chi connectivity index (χ2v) is 5.24. The monoisotopic (exact) mass is 307 g/mol. The van der Waals surface area contributed by atoms with Crippen LogP contribution in [0.3, 0.4) is 0 Å². The predicted molar refractivity (Wildman–Crippen MR) is 92.5 cm³/mol. The van der Waals surface area contributed by atoms with Gasteiger partial charge in [0.25, 0.3) is 0 Å². The van der Waals surface area contributed by atoms with Crippen molar-refractivity contribution in [3.8, 4) is 0 Å². The molecule has 0 bridgehead atoms. The van der Waals surface area contributed by atoms with Gasteiger partial charge in [-0.05, 0) is 36.5 Å². The normalized spacial score (nSPS) is 11.0. The van der Waals surface area contributed by atoms with Crippen molar-refractivity contribution >= 4 is 17.4 Å². The first-order valence-electron chi connectivity index (χ1n) is 8.10. The molecule has 0 aliphatic rings. The Bertz CT molecular complexity index is 583. The Balaban J connectivity index is 0.000000465. The fourth-order valence-electron chi connectivity index (χ4n) is 1.62. The Morgan fingerprint density at radius 3 is 2.32 bits per heavy atom. The molecule has 2 aromatic rings. The first-order valence-corrected chi connectivity index (χ1v) is 8.10. The minimum Gasteiger partial charge on any atom is -0.408 e. The Kier molecular flexibility index (Phi) is 10.8. The number of H-pyrrole nitrogens is 1. The molecule has 0 aliphatic carbocycles. The van der Waals surface area contributed by atoms with Gasteiger partial charge in [0, 0.05) is 6.42 Å². The fourth-order valence-corrected chi connectivity index (χ4v) is 1.62. The third-order valence-corrected chi connectivity index (χ3v) is 3.03. The van der Waals surface area contributed by atoms with Gasteiger partial charge in [0.1, 0.15) is 6.29 Å². The number of hydrogen-bond acceptors (Lipinski definition) is 3. The van der Waals surface area contributed by atoms with Crippen LogP contribution in [0.2, 0.25) is 0 Å². The quantitative estimate of drug-likeness (QED) is 0.805. The maximum atomic E-state index is 10.9. The summed E-state index contributed by atoms with van der Waals surface area (Å²) in [6.07, 6.45) is 4.95. The summed E-state index contributed by atoms with van der Waals surface area (Å²) in [7, 11) is 0. The van der Waals surface area contributed by atoms with Crippen LogP contribution in [-0.2, 0) is 4.79 Å². The van der Waals surface area contributed by atoms with E-state index in [0.29, 0.717) is 17.9 Å². The lowest BCUT2D eigenvalue weighted by molar-refractivity contribution is -0.107. The minimum atomic E-state index is -0.388. The van der Waals surface area contributed by atoms with Gasteiger partial charge in [-0.1, -0.05) is 47.1 Å². The van der Waals surface area contributed by atoms with E-state index in [0.717, 1.165) is 24.6 Å². The third kappa shape index (κ3) is 7.25. The van der Waals surface area contributed by atoms with E-state index in [-0.39, 0.29) is 5.76 Å². The fraction of sp³-hybridized carbons (Fsp3) is 0.556. The molecule has 0 spiro atoms. The van der Waals surface area contributed by atoms with Crippen molar-refractivity contribution in [2.45, 2.75) is 66.2 Å². The second-order valence-electron chi connectivity index (χ2n) is 5.24. The molecular weight excluding hydrogens is 278 g/mol. The molecule has 124 valence electrons. The summed E-state index contributed by atoms with van der Waals surface area (Å²) >= 11 is 0. The lowest BCUT2D eigenvalue weighted by atomic mass is 9.99. The zero-order chi connectivity index (χ0) is 17.0. The number of aromatic amines is 1. The van der Waals surface area contributed by atoms with Crippen molar-refractivity contribution in [1.82, 2.24) is 4.98 Å². The molecule has 2 rings (SSSR count). The molecular formula is C18H29NO3. The number of hydrogen-bond donors (Lipinski definition) is 1. The highest BCUT2D eigenvalue weighted by Gasteiger charge is 2.06. The number of unbranched alkanes of at least 4 members (excludes halogenated alkanes) is 1. The zero-order valence-corrected chi connectivity index (χ0v) is 14.4. The van der Waals surface area contributed by atoms with Gasteiger partial charge in [0.2, 0.25) is 0 Å². The van der Waals surface area contributed by atoms with Crippen molar-refractivity contribution < 1.29 is 9.21 Å². The standard InChI is InChI=1S/C11H13NO2.C4H8O.C3H8/c1-3-7(2)8-4-5-9-10(6-8)14-11(13)12-9;1-2-3-4-5;1-3-2/h4-7H,3H2,1-2H3,(H,12,13);4H,2-3H2,1H3;3H2,1-2H3. The van der Waals surface area contributed by atoms with Crippen molar-refractivity contribution in [3.63, 3.8) is 0 Å². The highest BCUT2D eigenvalue weighted by atomic mass is 16.4. The number of carbonyl (C=O) groups is 1. The molecule has 0 aliphatic heterocycles. The molecule has 4 heteroatoms. The van der Waals surface area contributed by atoms with Crippen molar-refractivity contribution in [3.05, 3.63) is 34.3 Å². The third-order valence-electron chi connectivity index (χ3n) is 3.03. The summed E-state index contributed by atoms with van der Waals surface area (Å²) in [5.74, 6) is 0.112. The number of benzene rings is 1. The molecule has 1 aromatic carbocycles. The number of oxazole rings is 1. The van der Waals surface area contributed by atoms with Crippen LogP contribution >= 0.6 is 0 Å². The summed E-state index contributed by atoms with van der Waals surface area (Å²) in [4.78, 5) is 22.9. The summed E-state index contributed by atoms with van der Waals surface area (Å²) in [6.45, 7) is 10.5. The Morgan fingerprint density at radius 1 is 1.23 bits per heavy atom. The Morgan fingerprint density at radius 2 is 1.86 bits per heavy atom. The van der Waals surface area contributed by atoms with E-state index in [4.69, 9.17) is 4.42 Å². The predicted octanol–water partition coefficient (Wildman–Crippen LogP) is 5.04. The van der Waals surface area contributed by atoms with Crippen LogP contribution in [0.4, 0.5) is 0 Å². The average molecular weight is 307 g/mol. The van der Waals surface area contributed by atoms with E-state index >= 15 is 0 Å². The number of aldehydes is 1. The van der Waals surface area contributed by atoms with E-state index in [1.54, 1.807) is 0 Å². The van der Waals surface area contributed by atoms with Gasteiger partial charge < -0.3 is 9.21 Å². The van der Waals surface area contributed by atoms with Gasteiger partial charge in [0.05, 0.1) is 5.52 Å². The summed E-state index contributed by atoms with van der Waals surface area (Å²) < 4.78 is 4.99. The van der Waals surface area contributed by atoms with Crippen LogP contribution in [0, 0.1) is 0 Å². The van der Waals surface area contributed by atoms with Crippen LogP contribution in [0.25, 0.3) is 11.1 Å². The lowest BCUT2D eigenvalue weighted by Crippen LogP contribution is -1.92. The Hall–Kier alpha value is -1.84. The maximum absolute atomic E-state index is 10.9. The number of rotatable bonds is 4. The van der Waals surface area contributed by atoms with Gasteiger partial charge in [0.15, 0.2) is 5.58 Å². The molecule has 0 radical (unpaired) electrons. The molecule has 0 amide bonds. The zero-order valence-electron chi connectivity index (χ0n) is 14.4. The summed E-state index contributed by atoms with van der Waals surface area (Å²) in [6, 6.07) is 5.85. The van der Waals surface area contributed by atoms with Gasteiger partial charge in [-0.3, -0.25) is 4.98 Å². The molecule has 0 saturated heterocycles. The van der Waals surface area contributed by atoms with Crippen LogP contribution in [0.15, 0.2) is 27.4 Å². The van der Waals surface area contributed by atoms with Crippen LogP contribution in [-0.4, -0.2) is 11.3 Å². The number of carbonyl (C=O) groups excluding carboxylic acids is 1. The van der Waals surface area contributed by atoms with Crippen molar-refractivity contribution in [2.24, 2.45) is 0 Å². The molecule has 1 heterocycles. The van der Waals surface area contributed by atoms with E-state index in [1.807, 2.05) is 25.1 Å². The topological polar surface area (TPSA) is 63.1 Å². The number of aromatic nitrogens is 1. The van der Waals surface area contributed by atoms with E-state index in [9.17, 15) is 9.59 Å². The molecule has 1 N–H and O–H groups in total. The molecule has 0 fully saturated rings. The second kappa shape index (κ2) is 11.8. The van der Waals surface area contributed by atoms with Crippen LogP contribution < -0.4 is 5.76 Å². The first-order chi connectivity index (χ1) is 10.5. The molecule has 1 atom stereocenters. The number of nitrogens with one attached hydrogen (secondary N) is 1.